The molecule has 2 fully saturated rings. The summed E-state index contributed by atoms with van der Waals surface area (Å²) < 4.78 is 16.4. The molecule has 3 aromatic rings. The summed E-state index contributed by atoms with van der Waals surface area (Å²) in [7, 11) is 0. The molecule has 1 aromatic heterocycles. The molecule has 8 heteroatoms. The fraction of sp³-hybridized carbons (Fsp3) is 0.370. The molecule has 1 atom stereocenters. The van der Waals surface area contributed by atoms with Crippen LogP contribution in [0.15, 0.2) is 42.5 Å². The summed E-state index contributed by atoms with van der Waals surface area (Å²) in [5, 5.41) is 19.0. The molecule has 3 N–H and O–H groups in total. The number of carbonyl (C=O) groups excluding carboxylic acids is 1. The Balaban J connectivity index is 1.66. The van der Waals surface area contributed by atoms with Crippen LogP contribution < -0.4 is 5.73 Å². The van der Waals surface area contributed by atoms with E-state index in [-0.39, 0.29) is 36.2 Å². The number of hydrogen-bond donors (Lipinski definition) is 2. The lowest BCUT2D eigenvalue weighted by atomic mass is 10.1. The normalized spacial score (nSPS) is 17.9. The van der Waals surface area contributed by atoms with Gasteiger partial charge in [-0.25, -0.2) is 9.37 Å². The summed E-state index contributed by atoms with van der Waals surface area (Å²) in [6.07, 6.45) is 4.26. The maximum Gasteiger partial charge on any atom is 0.274 e. The van der Waals surface area contributed by atoms with Crippen molar-refractivity contribution in [2.24, 2.45) is 5.73 Å². The van der Waals surface area contributed by atoms with Gasteiger partial charge in [0.25, 0.3) is 5.91 Å². The summed E-state index contributed by atoms with van der Waals surface area (Å²) in [6.45, 7) is 0.864. The van der Waals surface area contributed by atoms with Crippen LogP contribution in [0.3, 0.4) is 0 Å². The molecule has 1 aliphatic carbocycles. The Morgan fingerprint density at radius 3 is 2.60 bits per heavy atom. The van der Waals surface area contributed by atoms with E-state index in [2.05, 4.69) is 12.1 Å². The number of amides is 1. The fourth-order valence-corrected chi connectivity index (χ4v) is 4.83. The predicted molar refractivity (Wildman–Crippen MR) is 130 cm³/mol. The second-order valence-electron chi connectivity index (χ2n) is 9.37. The summed E-state index contributed by atoms with van der Waals surface area (Å²) in [6, 6.07) is 14.2. The lowest BCUT2D eigenvalue weighted by molar-refractivity contribution is 0.0702. The maximum atomic E-state index is 14.6. The number of benzene rings is 2. The number of piperidine rings is 1. The smallest absolute Gasteiger partial charge is 0.274 e. The molecule has 180 valence electrons. The Morgan fingerprint density at radius 1 is 1.20 bits per heavy atom. The molecule has 2 heterocycles. The van der Waals surface area contributed by atoms with Crippen molar-refractivity contribution in [1.82, 2.24) is 14.5 Å². The highest BCUT2D eigenvalue weighted by Gasteiger charge is 2.30. The van der Waals surface area contributed by atoms with Crippen LogP contribution in [0, 0.1) is 17.1 Å². The number of nitriles is 1. The van der Waals surface area contributed by atoms with Crippen molar-refractivity contribution >= 4 is 5.91 Å². The van der Waals surface area contributed by atoms with Crippen LogP contribution in [-0.4, -0.2) is 51.2 Å². The van der Waals surface area contributed by atoms with Crippen molar-refractivity contribution in [3.8, 4) is 23.1 Å². The molecule has 0 radical (unpaired) electrons. The molecule has 1 saturated carbocycles. The Bertz CT molecular complexity index is 1290. The first-order valence-corrected chi connectivity index (χ1v) is 12.1. The molecule has 2 aromatic carbocycles. The molecule has 7 nitrogen and oxygen atoms in total. The van der Waals surface area contributed by atoms with Gasteiger partial charge in [-0.05, 0) is 67.5 Å². The van der Waals surface area contributed by atoms with Crippen molar-refractivity contribution in [3.05, 3.63) is 70.8 Å². The number of nitrogens with zero attached hydrogens (tertiary/aromatic N) is 4. The van der Waals surface area contributed by atoms with Crippen molar-refractivity contribution < 1.29 is 14.3 Å². The summed E-state index contributed by atoms with van der Waals surface area (Å²) in [5.74, 6) is 0.0893. The molecular weight excluding hydrogens is 445 g/mol. The third-order valence-corrected chi connectivity index (χ3v) is 6.82. The van der Waals surface area contributed by atoms with E-state index >= 15 is 0 Å². The largest absolute Gasteiger partial charge is 0.396 e. The standard InChI is InChI=1S/C27H28FN5O2/c28-23-14-19(5-6-20(23)15-29)26-31-25(27(35)32-12-1-2-21(30)16-32)24(11-13-34)33(26)22-9-7-18(8-10-22)17-3-4-17/h5-10,14,17,21,34H,1-4,11-13,16,30H2/t21-/m0/s1. The number of hydrogen-bond acceptors (Lipinski definition) is 5. The van der Waals surface area contributed by atoms with Gasteiger partial charge in [-0.1, -0.05) is 12.1 Å². The minimum atomic E-state index is -0.651. The number of rotatable bonds is 6. The van der Waals surface area contributed by atoms with Gasteiger partial charge in [-0.15, -0.1) is 0 Å². The number of carbonyl (C=O) groups is 1. The molecule has 0 unspecified atom stereocenters. The molecule has 35 heavy (non-hydrogen) atoms. The van der Waals surface area contributed by atoms with Gasteiger partial charge >= 0.3 is 0 Å². The van der Waals surface area contributed by atoms with Gasteiger partial charge in [-0.3, -0.25) is 9.36 Å². The van der Waals surface area contributed by atoms with E-state index in [0.717, 1.165) is 18.5 Å². The Labute approximate surface area is 203 Å². The molecule has 1 aliphatic heterocycles. The highest BCUT2D eigenvalue weighted by Crippen LogP contribution is 2.40. The van der Waals surface area contributed by atoms with E-state index in [1.54, 1.807) is 11.0 Å². The van der Waals surface area contributed by atoms with Crippen molar-refractivity contribution in [2.75, 3.05) is 19.7 Å². The zero-order chi connectivity index (χ0) is 24.5. The number of imidazole rings is 1. The highest BCUT2D eigenvalue weighted by atomic mass is 19.1. The summed E-state index contributed by atoms with van der Waals surface area (Å²) in [4.78, 5) is 20.0. The SMILES string of the molecule is N#Cc1ccc(-c2nc(C(=O)N3CCC[C@H](N)C3)c(CCO)n2-c2ccc(C3CC3)cc2)cc1F. The van der Waals surface area contributed by atoms with Gasteiger partial charge in [0.15, 0.2) is 5.69 Å². The molecular formula is C27H28FN5O2. The lowest BCUT2D eigenvalue weighted by Gasteiger charge is -2.30. The van der Waals surface area contributed by atoms with Gasteiger partial charge in [0, 0.05) is 43.4 Å². The first-order valence-electron chi connectivity index (χ1n) is 12.1. The fourth-order valence-electron chi connectivity index (χ4n) is 4.83. The van der Waals surface area contributed by atoms with E-state index in [9.17, 15) is 14.3 Å². The monoisotopic (exact) mass is 473 g/mol. The number of likely N-dealkylation sites (tertiary alicyclic amines) is 1. The van der Waals surface area contributed by atoms with Gasteiger partial charge in [0.2, 0.25) is 0 Å². The number of aliphatic hydroxyl groups is 1. The Kier molecular flexibility index (Phi) is 6.37. The number of nitrogens with two attached hydrogens (primary N) is 1. The lowest BCUT2D eigenvalue weighted by Crippen LogP contribution is -2.46. The minimum Gasteiger partial charge on any atom is -0.396 e. The van der Waals surface area contributed by atoms with Crippen LogP contribution in [0.2, 0.25) is 0 Å². The summed E-state index contributed by atoms with van der Waals surface area (Å²) >= 11 is 0. The van der Waals surface area contributed by atoms with Crippen LogP contribution in [0.1, 0.15) is 58.9 Å². The van der Waals surface area contributed by atoms with E-state index in [4.69, 9.17) is 16.0 Å². The van der Waals surface area contributed by atoms with Crippen molar-refractivity contribution in [2.45, 2.75) is 44.1 Å². The average molecular weight is 474 g/mol. The zero-order valence-electron chi connectivity index (χ0n) is 19.5. The molecule has 2 aliphatic rings. The quantitative estimate of drug-likeness (QED) is 0.569. The average Bonchev–Trinajstić information content (AvgIpc) is 3.65. The van der Waals surface area contributed by atoms with Gasteiger partial charge < -0.3 is 15.7 Å². The second kappa shape index (κ2) is 9.61. The van der Waals surface area contributed by atoms with E-state index in [1.807, 2.05) is 22.8 Å². The molecule has 0 spiro atoms. The maximum absolute atomic E-state index is 14.6. The van der Waals surface area contributed by atoms with E-state index in [0.29, 0.717) is 36.1 Å². The zero-order valence-corrected chi connectivity index (χ0v) is 19.5. The molecule has 5 rings (SSSR count). The Morgan fingerprint density at radius 2 is 1.97 bits per heavy atom. The molecule has 1 saturated heterocycles. The van der Waals surface area contributed by atoms with E-state index < -0.39 is 5.82 Å². The van der Waals surface area contributed by atoms with Gasteiger partial charge in [0.1, 0.15) is 17.7 Å². The predicted octanol–water partition coefficient (Wildman–Crippen LogP) is 3.53. The minimum absolute atomic E-state index is 0.0603. The number of aliphatic hydroxyl groups excluding tert-OH is 1. The van der Waals surface area contributed by atoms with Gasteiger partial charge in [0.05, 0.1) is 11.3 Å². The van der Waals surface area contributed by atoms with Crippen LogP contribution >= 0.6 is 0 Å². The number of aromatic nitrogens is 2. The van der Waals surface area contributed by atoms with Crippen molar-refractivity contribution in [3.63, 3.8) is 0 Å². The second-order valence-corrected chi connectivity index (χ2v) is 9.37. The Hall–Kier alpha value is -3.54. The topological polar surface area (TPSA) is 108 Å². The third-order valence-electron chi connectivity index (χ3n) is 6.82. The van der Waals surface area contributed by atoms with Gasteiger partial charge in [-0.2, -0.15) is 5.26 Å². The molecule has 0 bridgehead atoms. The van der Waals surface area contributed by atoms with Crippen LogP contribution in [0.25, 0.3) is 17.1 Å². The first kappa shape index (κ1) is 23.2. The van der Waals surface area contributed by atoms with Crippen molar-refractivity contribution in [1.29, 1.82) is 5.26 Å². The van der Waals surface area contributed by atoms with Crippen LogP contribution in [0.5, 0.6) is 0 Å². The molecule has 1 amide bonds. The van der Waals surface area contributed by atoms with Crippen LogP contribution in [0.4, 0.5) is 4.39 Å². The number of halogens is 1. The summed E-state index contributed by atoms with van der Waals surface area (Å²) in [5.41, 5.74) is 9.34. The van der Waals surface area contributed by atoms with E-state index in [1.165, 1.54) is 30.5 Å². The highest BCUT2D eigenvalue weighted by molar-refractivity contribution is 5.95. The van der Waals surface area contributed by atoms with Crippen LogP contribution in [-0.2, 0) is 6.42 Å². The third kappa shape index (κ3) is 4.57. The first-order chi connectivity index (χ1) is 17.0.